The summed E-state index contributed by atoms with van der Waals surface area (Å²) in [6, 6.07) is 11.4. The van der Waals surface area contributed by atoms with Crippen LogP contribution >= 0.6 is 22.9 Å². The van der Waals surface area contributed by atoms with E-state index in [1.807, 2.05) is 41.8 Å². The number of hydrogen-bond donors (Lipinski definition) is 2. The van der Waals surface area contributed by atoms with Crippen LogP contribution in [0.1, 0.15) is 15.2 Å². The van der Waals surface area contributed by atoms with Gasteiger partial charge in [0.15, 0.2) is 0 Å². The van der Waals surface area contributed by atoms with Gasteiger partial charge in [-0.2, -0.15) is 0 Å². The van der Waals surface area contributed by atoms with Crippen molar-refractivity contribution in [2.24, 2.45) is 0 Å². The Hall–Kier alpha value is -1.36. The van der Waals surface area contributed by atoms with Crippen LogP contribution in [0.15, 0.2) is 41.8 Å². The van der Waals surface area contributed by atoms with E-state index in [-0.39, 0.29) is 5.91 Å². The van der Waals surface area contributed by atoms with Gasteiger partial charge in [-0.1, -0.05) is 29.8 Å². The zero-order chi connectivity index (χ0) is 13.5. The van der Waals surface area contributed by atoms with E-state index >= 15 is 0 Å². The molecule has 3 nitrogen and oxygen atoms in total. The van der Waals surface area contributed by atoms with Crippen molar-refractivity contribution in [3.63, 3.8) is 0 Å². The minimum atomic E-state index is -0.0108. The first kappa shape index (κ1) is 14.1. The van der Waals surface area contributed by atoms with Crippen LogP contribution in [0.4, 0.5) is 0 Å². The van der Waals surface area contributed by atoms with Gasteiger partial charge in [-0.05, 0) is 29.1 Å². The fraction of sp³-hybridized carbons (Fsp3) is 0.214. The molecule has 5 heteroatoms. The Morgan fingerprint density at radius 2 is 1.95 bits per heavy atom. The van der Waals surface area contributed by atoms with Crippen LogP contribution in [-0.4, -0.2) is 19.0 Å². The Morgan fingerprint density at radius 3 is 2.63 bits per heavy atom. The molecule has 0 saturated carbocycles. The molecule has 0 unspecified atom stereocenters. The van der Waals surface area contributed by atoms with E-state index in [1.165, 1.54) is 16.9 Å². The van der Waals surface area contributed by atoms with Crippen molar-refractivity contribution >= 4 is 28.8 Å². The number of nitrogens with one attached hydrogen (secondary N) is 2. The average molecular weight is 295 g/mol. The lowest BCUT2D eigenvalue weighted by Crippen LogP contribution is -2.31. The molecule has 0 fully saturated rings. The van der Waals surface area contributed by atoms with E-state index in [9.17, 15) is 4.79 Å². The topological polar surface area (TPSA) is 41.1 Å². The van der Waals surface area contributed by atoms with Crippen molar-refractivity contribution < 1.29 is 4.79 Å². The fourth-order valence-corrected chi connectivity index (χ4v) is 2.36. The maximum absolute atomic E-state index is 11.6. The number of rotatable bonds is 6. The zero-order valence-corrected chi connectivity index (χ0v) is 11.9. The highest BCUT2D eigenvalue weighted by molar-refractivity contribution is 7.12. The number of benzene rings is 1. The first-order valence-corrected chi connectivity index (χ1v) is 7.28. The monoisotopic (exact) mass is 294 g/mol. The summed E-state index contributed by atoms with van der Waals surface area (Å²) in [7, 11) is 0. The molecule has 1 aromatic carbocycles. The molecule has 0 spiro atoms. The van der Waals surface area contributed by atoms with Crippen LogP contribution in [-0.2, 0) is 6.54 Å². The van der Waals surface area contributed by atoms with Crippen molar-refractivity contribution in [2.75, 3.05) is 13.1 Å². The molecule has 19 heavy (non-hydrogen) atoms. The molecule has 1 heterocycles. The quantitative estimate of drug-likeness (QED) is 0.804. The molecule has 0 aliphatic rings. The van der Waals surface area contributed by atoms with Gasteiger partial charge in [0.05, 0.1) is 4.88 Å². The molecule has 0 bridgehead atoms. The summed E-state index contributed by atoms with van der Waals surface area (Å²) in [6.07, 6.45) is 0. The van der Waals surface area contributed by atoms with Crippen molar-refractivity contribution in [1.29, 1.82) is 0 Å². The molecule has 1 aromatic heterocycles. The minimum Gasteiger partial charge on any atom is -0.350 e. The molecule has 0 atom stereocenters. The number of carbonyl (C=O) groups excluding carboxylic acids is 1. The van der Waals surface area contributed by atoms with Gasteiger partial charge in [0.1, 0.15) is 0 Å². The second kappa shape index (κ2) is 7.28. The summed E-state index contributed by atoms with van der Waals surface area (Å²) in [5.74, 6) is -0.0108. The van der Waals surface area contributed by atoms with E-state index < -0.39 is 0 Å². The predicted octanol–water partition coefficient (Wildman–Crippen LogP) is 2.92. The highest BCUT2D eigenvalue weighted by atomic mass is 35.5. The lowest BCUT2D eigenvalue weighted by molar-refractivity contribution is 0.0958. The van der Waals surface area contributed by atoms with Crippen molar-refractivity contribution in [3.05, 3.63) is 57.2 Å². The minimum absolute atomic E-state index is 0.0108. The van der Waals surface area contributed by atoms with Crippen molar-refractivity contribution in [1.82, 2.24) is 10.6 Å². The van der Waals surface area contributed by atoms with Crippen molar-refractivity contribution in [2.45, 2.75) is 6.54 Å². The normalized spacial score (nSPS) is 10.4. The van der Waals surface area contributed by atoms with E-state index in [2.05, 4.69) is 10.6 Å². The van der Waals surface area contributed by atoms with Gasteiger partial charge in [0.2, 0.25) is 0 Å². The summed E-state index contributed by atoms with van der Waals surface area (Å²) in [6.45, 7) is 2.12. The predicted molar refractivity (Wildman–Crippen MR) is 79.8 cm³/mol. The third kappa shape index (κ3) is 4.67. The number of amides is 1. The second-order valence-electron chi connectivity index (χ2n) is 4.04. The number of hydrogen-bond acceptors (Lipinski definition) is 3. The maximum atomic E-state index is 11.6. The maximum Gasteiger partial charge on any atom is 0.261 e. The van der Waals surface area contributed by atoms with E-state index in [1.54, 1.807) is 0 Å². The molecule has 0 aliphatic carbocycles. The molecule has 100 valence electrons. The van der Waals surface area contributed by atoms with Gasteiger partial charge < -0.3 is 10.6 Å². The number of carbonyl (C=O) groups is 1. The first-order valence-electron chi connectivity index (χ1n) is 6.02. The van der Waals surface area contributed by atoms with Gasteiger partial charge in [0, 0.05) is 24.7 Å². The third-order valence-corrected chi connectivity index (χ3v) is 3.70. The van der Waals surface area contributed by atoms with E-state index in [0.717, 1.165) is 23.0 Å². The van der Waals surface area contributed by atoms with E-state index in [0.29, 0.717) is 6.54 Å². The van der Waals surface area contributed by atoms with Crippen LogP contribution in [0, 0.1) is 0 Å². The summed E-state index contributed by atoms with van der Waals surface area (Å²) < 4.78 is 0. The second-order valence-corrected chi connectivity index (χ2v) is 5.42. The summed E-state index contributed by atoms with van der Waals surface area (Å²) in [5, 5.41) is 8.77. The smallest absolute Gasteiger partial charge is 0.261 e. The fourth-order valence-electron chi connectivity index (χ4n) is 1.59. The molecule has 2 aromatic rings. The Bertz CT molecular complexity index is 511. The molecule has 0 radical (unpaired) electrons. The molecule has 2 N–H and O–H groups in total. The highest BCUT2D eigenvalue weighted by Gasteiger charge is 2.04. The Balaban J connectivity index is 1.62. The Kier molecular flexibility index (Phi) is 5.39. The molecular weight excluding hydrogens is 280 g/mol. The summed E-state index contributed by atoms with van der Waals surface area (Å²) >= 11 is 7.26. The number of thiophene rings is 1. The van der Waals surface area contributed by atoms with Crippen LogP contribution in [0.3, 0.4) is 0 Å². The van der Waals surface area contributed by atoms with Crippen LogP contribution in [0.25, 0.3) is 0 Å². The van der Waals surface area contributed by atoms with Crippen LogP contribution < -0.4 is 10.6 Å². The Labute approximate surface area is 121 Å². The number of halogens is 1. The molecule has 2 rings (SSSR count). The van der Waals surface area contributed by atoms with Crippen LogP contribution in [0.5, 0.6) is 0 Å². The first-order chi connectivity index (χ1) is 9.25. The third-order valence-electron chi connectivity index (χ3n) is 2.57. The average Bonchev–Trinajstić information content (AvgIpc) is 2.94. The van der Waals surface area contributed by atoms with Crippen LogP contribution in [0.2, 0.25) is 5.02 Å². The summed E-state index contributed by atoms with van der Waals surface area (Å²) in [4.78, 5) is 12.4. The highest BCUT2D eigenvalue weighted by Crippen LogP contribution is 2.09. The Morgan fingerprint density at radius 1 is 1.16 bits per heavy atom. The largest absolute Gasteiger partial charge is 0.350 e. The van der Waals surface area contributed by atoms with Gasteiger partial charge >= 0.3 is 0 Å². The molecular formula is C14H15ClN2OS. The van der Waals surface area contributed by atoms with Gasteiger partial charge in [-0.3, -0.25) is 4.79 Å². The van der Waals surface area contributed by atoms with Gasteiger partial charge in [0.25, 0.3) is 5.91 Å². The lowest BCUT2D eigenvalue weighted by atomic mass is 10.2. The molecule has 0 aliphatic heterocycles. The van der Waals surface area contributed by atoms with Gasteiger partial charge in [-0.15, -0.1) is 11.3 Å². The van der Waals surface area contributed by atoms with E-state index in [4.69, 9.17) is 11.6 Å². The molecule has 1 amide bonds. The SMILES string of the molecule is O=C(NCCNCc1ccc(Cl)cc1)c1cccs1. The zero-order valence-electron chi connectivity index (χ0n) is 10.4. The lowest BCUT2D eigenvalue weighted by Gasteiger charge is -2.06. The molecule has 0 saturated heterocycles. The van der Waals surface area contributed by atoms with Gasteiger partial charge in [-0.25, -0.2) is 0 Å². The standard InChI is InChI=1S/C14H15ClN2OS/c15-12-5-3-11(4-6-12)10-16-7-8-17-14(18)13-2-1-9-19-13/h1-6,9,16H,7-8,10H2,(H,17,18). The van der Waals surface area contributed by atoms with Crippen molar-refractivity contribution in [3.8, 4) is 0 Å². The summed E-state index contributed by atoms with van der Waals surface area (Å²) in [5.41, 5.74) is 1.17.